The molecule has 1 aromatic carbocycles. The molecule has 0 atom stereocenters. The molecule has 16 heavy (non-hydrogen) atoms. The van der Waals surface area contributed by atoms with Crippen molar-refractivity contribution in [1.29, 1.82) is 0 Å². The smallest absolute Gasteiger partial charge is 0.226 e. The quantitative estimate of drug-likeness (QED) is 0.773. The molecule has 0 aliphatic carbocycles. The second kappa shape index (κ2) is 5.39. The molecule has 1 aromatic rings. The van der Waals surface area contributed by atoms with E-state index in [0.717, 1.165) is 5.56 Å². The van der Waals surface area contributed by atoms with Crippen LogP contribution >= 0.6 is 0 Å². The number of carbonyl (C=O) groups is 1. The molecule has 88 valence electrons. The van der Waals surface area contributed by atoms with Crippen LogP contribution in [0.4, 0.5) is 0 Å². The van der Waals surface area contributed by atoms with Gasteiger partial charge in [0.25, 0.3) is 0 Å². The highest BCUT2D eigenvalue weighted by atomic mass is 16.5. The van der Waals surface area contributed by atoms with Crippen LogP contribution < -0.4 is 9.47 Å². The largest absolute Gasteiger partial charge is 0.493 e. The molecule has 0 spiro atoms. The molecule has 4 nitrogen and oxygen atoms in total. The number of hydrogen-bond acceptors (Lipinski definition) is 3. The molecule has 0 aromatic heterocycles. The maximum Gasteiger partial charge on any atom is 0.226 e. The van der Waals surface area contributed by atoms with Crippen LogP contribution in [-0.2, 0) is 11.2 Å². The number of methoxy groups -OCH3 is 2. The van der Waals surface area contributed by atoms with Crippen molar-refractivity contribution in [2.24, 2.45) is 0 Å². The monoisotopic (exact) mass is 223 g/mol. The molecule has 0 N–H and O–H groups in total. The van der Waals surface area contributed by atoms with E-state index in [1.54, 1.807) is 33.2 Å². The van der Waals surface area contributed by atoms with Crippen molar-refractivity contribution >= 4 is 5.91 Å². The molecule has 0 fully saturated rings. The topological polar surface area (TPSA) is 38.8 Å². The minimum atomic E-state index is 0.0338. The van der Waals surface area contributed by atoms with E-state index in [1.807, 2.05) is 18.2 Å². The Morgan fingerprint density at radius 1 is 1.25 bits per heavy atom. The van der Waals surface area contributed by atoms with Crippen LogP contribution in [0.5, 0.6) is 11.5 Å². The summed E-state index contributed by atoms with van der Waals surface area (Å²) in [7, 11) is 6.61. The first kappa shape index (κ1) is 12.4. The fourth-order valence-corrected chi connectivity index (χ4v) is 1.41. The maximum absolute atomic E-state index is 11.6. The fourth-order valence-electron chi connectivity index (χ4n) is 1.41. The minimum absolute atomic E-state index is 0.0338. The Kier molecular flexibility index (Phi) is 4.17. The number of likely N-dealkylation sites (N-methyl/N-ethyl adjacent to an activating group) is 1. The summed E-state index contributed by atoms with van der Waals surface area (Å²) in [6.07, 6.45) is 0.313. The fraction of sp³-hybridized carbons (Fsp3) is 0.417. The van der Waals surface area contributed by atoms with Gasteiger partial charge in [0.1, 0.15) is 0 Å². The zero-order chi connectivity index (χ0) is 12.1. The van der Waals surface area contributed by atoms with E-state index in [1.165, 1.54) is 0 Å². The Labute approximate surface area is 95.8 Å². The van der Waals surface area contributed by atoms with Gasteiger partial charge in [-0.15, -0.1) is 0 Å². The van der Waals surface area contributed by atoms with Crippen LogP contribution in [-0.4, -0.2) is 39.1 Å². The van der Waals surface area contributed by atoms with Gasteiger partial charge in [0.15, 0.2) is 11.5 Å². The predicted octanol–water partition coefficient (Wildman–Crippen LogP) is 1.33. The lowest BCUT2D eigenvalue weighted by Gasteiger charge is -2.14. The second-order valence-electron chi connectivity index (χ2n) is 3.62. The van der Waals surface area contributed by atoms with Crippen LogP contribution in [0, 0.1) is 0 Å². The summed E-state index contributed by atoms with van der Waals surface area (Å²) < 4.78 is 10.4. The average Bonchev–Trinajstić information content (AvgIpc) is 2.28. The molecule has 4 heteroatoms. The predicted molar refractivity (Wildman–Crippen MR) is 61.9 cm³/mol. The third kappa shape index (κ3) is 2.66. The number of hydrogen-bond donors (Lipinski definition) is 0. The number of nitrogens with zero attached hydrogens (tertiary/aromatic N) is 1. The van der Waals surface area contributed by atoms with Crippen LogP contribution in [0.15, 0.2) is 18.2 Å². The minimum Gasteiger partial charge on any atom is -0.493 e. The summed E-state index contributed by atoms with van der Waals surface area (Å²) in [6.45, 7) is 0. The van der Waals surface area contributed by atoms with Gasteiger partial charge in [0.05, 0.1) is 20.6 Å². The van der Waals surface area contributed by atoms with Gasteiger partial charge in [-0.2, -0.15) is 0 Å². The van der Waals surface area contributed by atoms with E-state index in [9.17, 15) is 4.79 Å². The van der Waals surface area contributed by atoms with E-state index < -0.39 is 0 Å². The molecule has 0 saturated carbocycles. The summed E-state index contributed by atoms with van der Waals surface area (Å²) in [5, 5.41) is 0. The van der Waals surface area contributed by atoms with Crippen molar-refractivity contribution in [2.45, 2.75) is 6.42 Å². The highest BCUT2D eigenvalue weighted by molar-refractivity contribution is 5.79. The molecule has 0 aliphatic heterocycles. The van der Waals surface area contributed by atoms with Crippen molar-refractivity contribution in [2.75, 3.05) is 28.3 Å². The number of carbonyl (C=O) groups excluding carboxylic acids is 1. The first-order valence-electron chi connectivity index (χ1n) is 5.00. The average molecular weight is 223 g/mol. The third-order valence-electron chi connectivity index (χ3n) is 2.32. The molecule has 1 rings (SSSR count). The summed E-state index contributed by atoms with van der Waals surface area (Å²) in [6, 6.07) is 5.52. The van der Waals surface area contributed by atoms with Gasteiger partial charge < -0.3 is 14.4 Å². The van der Waals surface area contributed by atoms with Gasteiger partial charge >= 0.3 is 0 Å². The normalized spacial score (nSPS) is 9.75. The Hall–Kier alpha value is -1.71. The van der Waals surface area contributed by atoms with Gasteiger partial charge in [-0.3, -0.25) is 4.79 Å². The zero-order valence-corrected chi connectivity index (χ0v) is 10.1. The zero-order valence-electron chi connectivity index (χ0n) is 10.1. The van der Waals surface area contributed by atoms with Gasteiger partial charge in [-0.05, 0) is 6.07 Å². The molecule has 0 radical (unpaired) electrons. The van der Waals surface area contributed by atoms with Gasteiger partial charge in [-0.25, -0.2) is 0 Å². The van der Waals surface area contributed by atoms with Gasteiger partial charge in [0.2, 0.25) is 5.91 Å². The highest BCUT2D eigenvalue weighted by Crippen LogP contribution is 2.30. The van der Waals surface area contributed by atoms with Crippen molar-refractivity contribution in [3.63, 3.8) is 0 Å². The third-order valence-corrected chi connectivity index (χ3v) is 2.32. The standard InChI is InChI=1S/C12H17NO3/c1-13(2)11(14)8-9-6-5-7-10(15-3)12(9)16-4/h5-7H,8H2,1-4H3. The Bertz CT molecular complexity index is 375. The molecule has 0 unspecified atom stereocenters. The van der Waals surface area contributed by atoms with Crippen LogP contribution in [0.1, 0.15) is 5.56 Å². The lowest BCUT2D eigenvalue weighted by atomic mass is 10.1. The molecular formula is C12H17NO3. The van der Waals surface area contributed by atoms with E-state index >= 15 is 0 Å². The second-order valence-corrected chi connectivity index (χ2v) is 3.62. The Balaban J connectivity index is 2.99. The Morgan fingerprint density at radius 2 is 1.94 bits per heavy atom. The van der Waals surface area contributed by atoms with Crippen molar-refractivity contribution < 1.29 is 14.3 Å². The lowest BCUT2D eigenvalue weighted by molar-refractivity contribution is -0.127. The summed E-state index contributed by atoms with van der Waals surface area (Å²) in [5.41, 5.74) is 0.834. The van der Waals surface area contributed by atoms with Crippen molar-refractivity contribution in [1.82, 2.24) is 4.90 Å². The highest BCUT2D eigenvalue weighted by Gasteiger charge is 2.13. The lowest BCUT2D eigenvalue weighted by Crippen LogP contribution is -2.23. The molecule has 0 saturated heterocycles. The van der Waals surface area contributed by atoms with E-state index in [0.29, 0.717) is 17.9 Å². The van der Waals surface area contributed by atoms with Gasteiger partial charge in [0, 0.05) is 19.7 Å². The molecule has 0 heterocycles. The number of para-hydroxylation sites is 1. The first-order valence-corrected chi connectivity index (χ1v) is 5.00. The van der Waals surface area contributed by atoms with Gasteiger partial charge in [-0.1, -0.05) is 12.1 Å². The Morgan fingerprint density at radius 3 is 2.44 bits per heavy atom. The summed E-state index contributed by atoms with van der Waals surface area (Å²) >= 11 is 0. The van der Waals surface area contributed by atoms with E-state index in [4.69, 9.17) is 9.47 Å². The maximum atomic E-state index is 11.6. The molecular weight excluding hydrogens is 206 g/mol. The van der Waals surface area contributed by atoms with Crippen LogP contribution in [0.25, 0.3) is 0 Å². The number of benzene rings is 1. The molecule has 0 aliphatic rings. The summed E-state index contributed by atoms with van der Waals surface area (Å²) in [5.74, 6) is 1.30. The van der Waals surface area contributed by atoms with Crippen molar-refractivity contribution in [3.05, 3.63) is 23.8 Å². The summed E-state index contributed by atoms with van der Waals surface area (Å²) in [4.78, 5) is 13.2. The van der Waals surface area contributed by atoms with Crippen molar-refractivity contribution in [3.8, 4) is 11.5 Å². The number of ether oxygens (including phenoxy) is 2. The molecule has 1 amide bonds. The van der Waals surface area contributed by atoms with E-state index in [2.05, 4.69) is 0 Å². The number of rotatable bonds is 4. The number of amides is 1. The molecule has 0 bridgehead atoms. The van der Waals surface area contributed by atoms with Crippen LogP contribution in [0.2, 0.25) is 0 Å². The first-order chi connectivity index (χ1) is 7.60. The van der Waals surface area contributed by atoms with E-state index in [-0.39, 0.29) is 5.91 Å². The SMILES string of the molecule is COc1cccc(CC(=O)N(C)C)c1OC. The van der Waals surface area contributed by atoms with Crippen LogP contribution in [0.3, 0.4) is 0 Å².